The van der Waals surface area contributed by atoms with Crippen molar-refractivity contribution in [2.45, 2.75) is 12.5 Å². The first-order valence-corrected chi connectivity index (χ1v) is 8.23. The molecule has 0 aliphatic rings. The van der Waals surface area contributed by atoms with Crippen LogP contribution in [-0.4, -0.2) is 27.8 Å². The number of fused-ring (bicyclic) bond motifs is 1. The SMILES string of the molecule is NC(=O)[C@@H](Cc1ccc(F)c([N+](=O)[O-])c1)NC(=O)c1cnc2ccccc2c1. The second-order valence-corrected chi connectivity index (χ2v) is 6.09. The molecule has 3 rings (SSSR count). The number of nitrogens with one attached hydrogen (secondary N) is 1. The van der Waals surface area contributed by atoms with E-state index in [-0.39, 0.29) is 17.5 Å². The Bertz CT molecular complexity index is 1090. The maximum atomic E-state index is 13.5. The van der Waals surface area contributed by atoms with Crippen LogP contribution in [0.4, 0.5) is 10.1 Å². The summed E-state index contributed by atoms with van der Waals surface area (Å²) < 4.78 is 13.5. The summed E-state index contributed by atoms with van der Waals surface area (Å²) >= 11 is 0. The number of primary amides is 1. The summed E-state index contributed by atoms with van der Waals surface area (Å²) in [5.41, 5.74) is 5.86. The second kappa shape index (κ2) is 7.78. The van der Waals surface area contributed by atoms with Crippen LogP contribution in [0.1, 0.15) is 15.9 Å². The number of carbonyl (C=O) groups is 2. The summed E-state index contributed by atoms with van der Waals surface area (Å²) in [6.07, 6.45) is 1.25. The molecule has 8 nitrogen and oxygen atoms in total. The van der Waals surface area contributed by atoms with Gasteiger partial charge in [-0.3, -0.25) is 24.7 Å². The number of carbonyl (C=O) groups excluding carboxylic acids is 2. The zero-order valence-electron chi connectivity index (χ0n) is 14.5. The Morgan fingerprint density at radius 1 is 1.21 bits per heavy atom. The molecule has 0 bridgehead atoms. The van der Waals surface area contributed by atoms with Gasteiger partial charge in [-0.25, -0.2) is 0 Å². The molecule has 0 saturated carbocycles. The van der Waals surface area contributed by atoms with E-state index in [9.17, 15) is 24.1 Å². The van der Waals surface area contributed by atoms with Gasteiger partial charge < -0.3 is 11.1 Å². The van der Waals surface area contributed by atoms with Gasteiger partial charge in [0.15, 0.2) is 0 Å². The molecular formula is C19H15FN4O4. The quantitative estimate of drug-likeness (QED) is 0.498. The van der Waals surface area contributed by atoms with E-state index < -0.39 is 34.3 Å². The molecule has 1 heterocycles. The fourth-order valence-corrected chi connectivity index (χ4v) is 2.72. The van der Waals surface area contributed by atoms with Gasteiger partial charge in [-0.15, -0.1) is 0 Å². The number of hydrogen-bond acceptors (Lipinski definition) is 5. The van der Waals surface area contributed by atoms with Crippen LogP contribution in [0.15, 0.2) is 54.7 Å². The highest BCUT2D eigenvalue weighted by molar-refractivity contribution is 5.99. The Labute approximate surface area is 158 Å². The van der Waals surface area contributed by atoms with Crippen molar-refractivity contribution in [1.29, 1.82) is 0 Å². The second-order valence-electron chi connectivity index (χ2n) is 6.09. The molecule has 9 heteroatoms. The number of benzene rings is 2. The fourth-order valence-electron chi connectivity index (χ4n) is 2.72. The molecule has 28 heavy (non-hydrogen) atoms. The minimum Gasteiger partial charge on any atom is -0.368 e. The number of pyridine rings is 1. The van der Waals surface area contributed by atoms with E-state index in [1.54, 1.807) is 24.3 Å². The highest BCUT2D eigenvalue weighted by Gasteiger charge is 2.22. The van der Waals surface area contributed by atoms with E-state index in [1.165, 1.54) is 12.3 Å². The molecule has 1 atom stereocenters. The number of nitro benzene ring substituents is 1. The van der Waals surface area contributed by atoms with Gasteiger partial charge in [-0.05, 0) is 23.8 Å². The molecule has 0 fully saturated rings. The first-order chi connectivity index (χ1) is 13.3. The van der Waals surface area contributed by atoms with Crippen molar-refractivity contribution in [1.82, 2.24) is 10.3 Å². The number of nitrogens with two attached hydrogens (primary N) is 1. The lowest BCUT2D eigenvalue weighted by atomic mass is 10.0. The van der Waals surface area contributed by atoms with Crippen LogP contribution >= 0.6 is 0 Å². The zero-order chi connectivity index (χ0) is 20.3. The van der Waals surface area contributed by atoms with Crippen molar-refractivity contribution in [3.8, 4) is 0 Å². The average molecular weight is 382 g/mol. The highest BCUT2D eigenvalue weighted by atomic mass is 19.1. The van der Waals surface area contributed by atoms with Crippen molar-refractivity contribution in [2.24, 2.45) is 5.73 Å². The summed E-state index contributed by atoms with van der Waals surface area (Å²) in [6.45, 7) is 0. The van der Waals surface area contributed by atoms with Gasteiger partial charge in [0, 0.05) is 24.1 Å². The summed E-state index contributed by atoms with van der Waals surface area (Å²) in [7, 11) is 0. The highest BCUT2D eigenvalue weighted by Crippen LogP contribution is 2.19. The number of hydrogen-bond donors (Lipinski definition) is 2. The van der Waals surface area contributed by atoms with E-state index in [2.05, 4.69) is 10.3 Å². The van der Waals surface area contributed by atoms with E-state index >= 15 is 0 Å². The minimum atomic E-state index is -1.14. The smallest absolute Gasteiger partial charge is 0.305 e. The lowest BCUT2D eigenvalue weighted by Crippen LogP contribution is -2.45. The number of amides is 2. The third kappa shape index (κ3) is 4.09. The maximum Gasteiger partial charge on any atom is 0.305 e. The van der Waals surface area contributed by atoms with Gasteiger partial charge in [-0.2, -0.15) is 4.39 Å². The van der Waals surface area contributed by atoms with Crippen LogP contribution in [0.3, 0.4) is 0 Å². The lowest BCUT2D eigenvalue weighted by molar-refractivity contribution is -0.387. The van der Waals surface area contributed by atoms with Crippen LogP contribution in [0.5, 0.6) is 0 Å². The Hall–Kier alpha value is -3.88. The van der Waals surface area contributed by atoms with Crippen LogP contribution in [0.2, 0.25) is 0 Å². The number of rotatable bonds is 6. The Balaban J connectivity index is 1.80. The van der Waals surface area contributed by atoms with Crippen LogP contribution in [-0.2, 0) is 11.2 Å². The summed E-state index contributed by atoms with van der Waals surface area (Å²) in [5, 5.41) is 14.1. The van der Waals surface area contributed by atoms with Gasteiger partial charge in [0.2, 0.25) is 11.7 Å². The molecule has 3 aromatic rings. The molecule has 0 saturated heterocycles. The Morgan fingerprint density at radius 2 is 1.96 bits per heavy atom. The average Bonchev–Trinajstić information content (AvgIpc) is 2.68. The van der Waals surface area contributed by atoms with E-state index in [1.807, 2.05) is 6.07 Å². The third-order valence-electron chi connectivity index (χ3n) is 4.15. The van der Waals surface area contributed by atoms with Gasteiger partial charge in [0.1, 0.15) is 6.04 Å². The largest absolute Gasteiger partial charge is 0.368 e. The topological polar surface area (TPSA) is 128 Å². The molecule has 1 aromatic heterocycles. The Morgan fingerprint density at radius 3 is 2.68 bits per heavy atom. The van der Waals surface area contributed by atoms with Gasteiger partial charge in [0.05, 0.1) is 16.0 Å². The van der Waals surface area contributed by atoms with Crippen molar-refractivity contribution < 1.29 is 18.9 Å². The number of nitro groups is 1. The molecule has 0 aliphatic carbocycles. The van der Waals surface area contributed by atoms with Crippen molar-refractivity contribution in [2.75, 3.05) is 0 Å². The normalized spacial score (nSPS) is 11.8. The number of para-hydroxylation sites is 1. The molecule has 2 aromatic carbocycles. The maximum absolute atomic E-state index is 13.5. The van der Waals surface area contributed by atoms with E-state index in [0.29, 0.717) is 5.52 Å². The predicted molar refractivity (Wildman–Crippen MR) is 99.0 cm³/mol. The lowest BCUT2D eigenvalue weighted by Gasteiger charge is -2.16. The van der Waals surface area contributed by atoms with E-state index in [0.717, 1.165) is 17.5 Å². The standard InChI is InChI=1S/C19H15FN4O4/c20-14-6-5-11(8-17(14)24(27)28)7-16(18(21)25)23-19(26)13-9-12-3-1-2-4-15(12)22-10-13/h1-6,8-10,16H,7H2,(H2,21,25)(H,23,26)/t16-/m1/s1. The van der Waals surface area contributed by atoms with Crippen LogP contribution < -0.4 is 11.1 Å². The number of halogens is 1. The molecule has 2 amide bonds. The van der Waals surface area contributed by atoms with Crippen molar-refractivity contribution >= 4 is 28.4 Å². The van der Waals surface area contributed by atoms with Crippen molar-refractivity contribution in [3.63, 3.8) is 0 Å². The molecular weight excluding hydrogens is 367 g/mol. The monoisotopic (exact) mass is 382 g/mol. The van der Waals surface area contributed by atoms with Crippen LogP contribution in [0.25, 0.3) is 10.9 Å². The molecule has 0 aliphatic heterocycles. The molecule has 0 spiro atoms. The first kappa shape index (κ1) is 18.9. The predicted octanol–water partition coefficient (Wildman–Crippen LogP) is 2.11. The number of nitrogens with zero attached hydrogens (tertiary/aromatic N) is 2. The molecule has 142 valence electrons. The summed E-state index contributed by atoms with van der Waals surface area (Å²) in [6, 6.07) is 10.9. The molecule has 0 radical (unpaired) electrons. The van der Waals surface area contributed by atoms with Gasteiger partial charge >= 0.3 is 5.69 Å². The van der Waals surface area contributed by atoms with Gasteiger partial charge in [-0.1, -0.05) is 24.3 Å². The third-order valence-corrected chi connectivity index (χ3v) is 4.15. The molecule has 0 unspecified atom stereocenters. The molecule has 3 N–H and O–H groups in total. The minimum absolute atomic E-state index is 0.122. The van der Waals surface area contributed by atoms with Crippen LogP contribution in [0, 0.1) is 15.9 Å². The zero-order valence-corrected chi connectivity index (χ0v) is 14.5. The van der Waals surface area contributed by atoms with E-state index in [4.69, 9.17) is 5.73 Å². The van der Waals surface area contributed by atoms with Gasteiger partial charge in [0.25, 0.3) is 5.91 Å². The fraction of sp³-hybridized carbons (Fsp3) is 0.105. The first-order valence-electron chi connectivity index (χ1n) is 8.23. The number of aromatic nitrogens is 1. The summed E-state index contributed by atoms with van der Waals surface area (Å²) in [5.74, 6) is -2.39. The summed E-state index contributed by atoms with van der Waals surface area (Å²) in [4.78, 5) is 38.4. The van der Waals surface area contributed by atoms with Crippen molar-refractivity contribution in [3.05, 3.63) is 81.8 Å². The Kier molecular flexibility index (Phi) is 5.25.